The van der Waals surface area contributed by atoms with Gasteiger partial charge in [0.25, 0.3) is 0 Å². The zero-order chi connectivity index (χ0) is 21.2. The van der Waals surface area contributed by atoms with Gasteiger partial charge in [0.15, 0.2) is 11.6 Å². The average molecular weight is 415 g/mol. The van der Waals surface area contributed by atoms with Crippen LogP contribution in [0.3, 0.4) is 0 Å². The van der Waals surface area contributed by atoms with Crippen molar-refractivity contribution in [2.75, 3.05) is 31.1 Å². The van der Waals surface area contributed by atoms with Gasteiger partial charge in [-0.05, 0) is 60.2 Å². The maximum Gasteiger partial charge on any atom is 0.188 e. The van der Waals surface area contributed by atoms with Crippen molar-refractivity contribution >= 4 is 5.82 Å². The Balaban J connectivity index is 1.56. The number of halogens is 1. The summed E-state index contributed by atoms with van der Waals surface area (Å²) < 4.78 is 20.6. The molecule has 0 spiro atoms. The van der Waals surface area contributed by atoms with Crippen LogP contribution in [0.25, 0.3) is 11.1 Å². The van der Waals surface area contributed by atoms with E-state index in [2.05, 4.69) is 26.3 Å². The van der Waals surface area contributed by atoms with Crippen molar-refractivity contribution in [2.45, 2.75) is 18.8 Å². The fourth-order valence-corrected chi connectivity index (χ4v) is 4.03. The fraction of sp³-hybridized carbons (Fsp3) is 0.292. The van der Waals surface area contributed by atoms with Gasteiger partial charge < -0.3 is 15.0 Å². The topological polar surface area (TPSA) is 74.1 Å². The molecule has 156 valence electrons. The predicted molar refractivity (Wildman–Crippen MR) is 116 cm³/mol. The molecule has 0 atom stereocenters. The van der Waals surface area contributed by atoms with Crippen molar-refractivity contribution in [3.8, 4) is 28.7 Å². The molecule has 0 unspecified atom stereocenters. The average Bonchev–Trinajstić information content (AvgIpc) is 3.66. The maximum atomic E-state index is 14.3. The highest BCUT2D eigenvalue weighted by Gasteiger charge is 2.28. The summed E-state index contributed by atoms with van der Waals surface area (Å²) in [5.41, 5.74) is 3.25. The van der Waals surface area contributed by atoms with E-state index >= 15 is 0 Å². The van der Waals surface area contributed by atoms with Crippen molar-refractivity contribution < 1.29 is 9.13 Å². The van der Waals surface area contributed by atoms with E-state index in [0.29, 0.717) is 28.5 Å². The van der Waals surface area contributed by atoms with E-state index < -0.39 is 0 Å². The van der Waals surface area contributed by atoms with Gasteiger partial charge in [0.1, 0.15) is 17.9 Å². The first-order chi connectivity index (χ1) is 15.2. The lowest BCUT2D eigenvalue weighted by Gasteiger charge is -2.29. The van der Waals surface area contributed by atoms with Crippen LogP contribution in [-0.2, 0) is 0 Å². The van der Waals surface area contributed by atoms with Crippen molar-refractivity contribution in [3.63, 3.8) is 0 Å². The lowest BCUT2D eigenvalue weighted by Crippen LogP contribution is -2.44. The summed E-state index contributed by atoms with van der Waals surface area (Å²) in [6, 6.07) is 12.3. The van der Waals surface area contributed by atoms with E-state index in [1.54, 1.807) is 18.3 Å². The number of piperazine rings is 1. The van der Waals surface area contributed by atoms with Crippen LogP contribution in [0, 0.1) is 17.1 Å². The molecule has 1 aliphatic heterocycles. The number of nitriles is 1. The number of hydrogen-bond acceptors (Lipinski definition) is 6. The van der Waals surface area contributed by atoms with E-state index in [0.717, 1.165) is 56.0 Å². The van der Waals surface area contributed by atoms with Gasteiger partial charge in [-0.25, -0.2) is 14.4 Å². The van der Waals surface area contributed by atoms with Gasteiger partial charge in [-0.2, -0.15) is 5.26 Å². The van der Waals surface area contributed by atoms with Gasteiger partial charge in [-0.1, -0.05) is 6.07 Å². The summed E-state index contributed by atoms with van der Waals surface area (Å²) in [7, 11) is 0. The SMILES string of the molecule is N#Cc1ccc(-c2cc(F)ccc2Oc2cncnc2N2CCNCC2)c(C2CC2)c1. The van der Waals surface area contributed by atoms with Crippen molar-refractivity contribution in [1.82, 2.24) is 15.3 Å². The Morgan fingerprint density at radius 3 is 2.68 bits per heavy atom. The highest BCUT2D eigenvalue weighted by atomic mass is 19.1. The molecule has 1 saturated carbocycles. The first-order valence-electron chi connectivity index (χ1n) is 10.5. The molecule has 2 heterocycles. The Labute approximate surface area is 180 Å². The number of benzene rings is 2. The van der Waals surface area contributed by atoms with E-state index in [1.165, 1.54) is 18.5 Å². The number of rotatable bonds is 5. The molecule has 3 aromatic rings. The second-order valence-corrected chi connectivity index (χ2v) is 7.88. The van der Waals surface area contributed by atoms with Gasteiger partial charge in [-0.3, -0.25) is 0 Å². The van der Waals surface area contributed by atoms with Crippen molar-refractivity contribution in [3.05, 3.63) is 65.9 Å². The minimum atomic E-state index is -0.333. The van der Waals surface area contributed by atoms with Crippen LogP contribution in [0.2, 0.25) is 0 Å². The van der Waals surface area contributed by atoms with E-state index in [-0.39, 0.29) is 5.82 Å². The first-order valence-corrected chi connectivity index (χ1v) is 10.5. The normalized spacial score (nSPS) is 16.1. The third kappa shape index (κ3) is 4.07. The summed E-state index contributed by atoms with van der Waals surface area (Å²) in [6.45, 7) is 3.40. The summed E-state index contributed by atoms with van der Waals surface area (Å²) in [5.74, 6) is 1.88. The molecule has 2 aromatic carbocycles. The summed E-state index contributed by atoms with van der Waals surface area (Å²) in [4.78, 5) is 10.8. The Morgan fingerprint density at radius 2 is 1.90 bits per heavy atom. The van der Waals surface area contributed by atoms with Crippen LogP contribution >= 0.6 is 0 Å². The zero-order valence-electron chi connectivity index (χ0n) is 17.0. The minimum absolute atomic E-state index is 0.333. The highest BCUT2D eigenvalue weighted by Crippen LogP contribution is 2.47. The monoisotopic (exact) mass is 415 g/mol. The molecule has 6 nitrogen and oxygen atoms in total. The molecule has 1 N–H and O–H groups in total. The van der Waals surface area contributed by atoms with Crippen LogP contribution in [0.4, 0.5) is 10.2 Å². The third-order valence-corrected chi connectivity index (χ3v) is 5.72. The number of nitrogens with one attached hydrogen (secondary N) is 1. The summed E-state index contributed by atoms with van der Waals surface area (Å²) in [6.07, 6.45) is 5.32. The molecule has 1 aliphatic carbocycles. The van der Waals surface area contributed by atoms with E-state index in [4.69, 9.17) is 4.74 Å². The molecule has 0 radical (unpaired) electrons. The number of hydrogen-bond donors (Lipinski definition) is 1. The molecule has 2 fully saturated rings. The third-order valence-electron chi connectivity index (χ3n) is 5.72. The Bertz CT molecular complexity index is 1150. The van der Waals surface area contributed by atoms with Crippen molar-refractivity contribution in [1.29, 1.82) is 5.26 Å². The molecular formula is C24H22FN5O. The van der Waals surface area contributed by atoms with Crippen LogP contribution in [0.1, 0.15) is 29.9 Å². The molecule has 5 rings (SSSR count). The minimum Gasteiger partial charge on any atom is -0.451 e. The molecule has 0 bridgehead atoms. The van der Waals surface area contributed by atoms with Gasteiger partial charge in [0.2, 0.25) is 0 Å². The number of ether oxygens (including phenoxy) is 1. The van der Waals surface area contributed by atoms with Crippen molar-refractivity contribution in [2.24, 2.45) is 0 Å². The number of aromatic nitrogens is 2. The largest absolute Gasteiger partial charge is 0.451 e. The Hall–Kier alpha value is -3.50. The number of anilines is 1. The van der Waals surface area contributed by atoms with Gasteiger partial charge >= 0.3 is 0 Å². The van der Waals surface area contributed by atoms with E-state index in [1.807, 2.05) is 12.1 Å². The van der Waals surface area contributed by atoms with Crippen LogP contribution in [0.15, 0.2) is 48.9 Å². The molecule has 1 aromatic heterocycles. The molecule has 31 heavy (non-hydrogen) atoms. The lowest BCUT2D eigenvalue weighted by atomic mass is 9.94. The standard InChI is InChI=1S/C24H22FN5O/c25-18-4-6-22(31-23-14-28-15-29-24(23)30-9-7-27-8-10-30)21(12-18)19-5-1-16(13-26)11-20(19)17-2-3-17/h1,4-6,11-12,14-15,17,27H,2-3,7-10H2. The summed E-state index contributed by atoms with van der Waals surface area (Å²) in [5, 5.41) is 12.6. The van der Waals surface area contributed by atoms with Gasteiger partial charge in [0.05, 0.1) is 17.8 Å². The molecule has 7 heteroatoms. The highest BCUT2D eigenvalue weighted by molar-refractivity contribution is 5.76. The molecule has 0 amide bonds. The van der Waals surface area contributed by atoms with Crippen LogP contribution in [-0.4, -0.2) is 36.1 Å². The number of nitrogens with zero attached hydrogens (tertiary/aromatic N) is 4. The van der Waals surface area contributed by atoms with Crippen LogP contribution < -0.4 is 15.0 Å². The molecule has 2 aliphatic rings. The zero-order valence-corrected chi connectivity index (χ0v) is 17.0. The smallest absolute Gasteiger partial charge is 0.188 e. The first kappa shape index (κ1) is 19.5. The van der Waals surface area contributed by atoms with Gasteiger partial charge in [0, 0.05) is 31.7 Å². The maximum absolute atomic E-state index is 14.3. The van der Waals surface area contributed by atoms with E-state index in [9.17, 15) is 9.65 Å². The lowest BCUT2D eigenvalue weighted by molar-refractivity contribution is 0.472. The van der Waals surface area contributed by atoms with Crippen LogP contribution in [0.5, 0.6) is 11.5 Å². The Morgan fingerprint density at radius 1 is 1.06 bits per heavy atom. The molecule has 1 saturated heterocycles. The molecular weight excluding hydrogens is 393 g/mol. The second kappa shape index (κ2) is 8.32. The fourth-order valence-electron chi connectivity index (χ4n) is 4.03. The quantitative estimate of drug-likeness (QED) is 0.672. The second-order valence-electron chi connectivity index (χ2n) is 7.88. The van der Waals surface area contributed by atoms with Gasteiger partial charge in [-0.15, -0.1) is 0 Å². The predicted octanol–water partition coefficient (Wildman–Crippen LogP) is 4.23. The Kier molecular flexibility index (Phi) is 5.23. The summed E-state index contributed by atoms with van der Waals surface area (Å²) >= 11 is 0.